The summed E-state index contributed by atoms with van der Waals surface area (Å²) >= 11 is 0. The van der Waals surface area contributed by atoms with Crippen LogP contribution in [0.15, 0.2) is 24.3 Å². The minimum Gasteiger partial charge on any atom is -0.507 e. The Balaban J connectivity index is 2.36. The van der Waals surface area contributed by atoms with Crippen molar-refractivity contribution in [3.8, 4) is 0 Å². The number of aliphatic hydroxyl groups excluding tert-OH is 1. The van der Waals surface area contributed by atoms with E-state index >= 15 is 0 Å². The molecule has 2 nitrogen and oxygen atoms in total. The number of ketones is 1. The molecule has 0 fully saturated rings. The van der Waals surface area contributed by atoms with E-state index in [0.717, 1.165) is 16.7 Å². The van der Waals surface area contributed by atoms with Gasteiger partial charge in [-0.3, -0.25) is 4.79 Å². The molecule has 22 heavy (non-hydrogen) atoms. The molecular formula is C20H20O2. The summed E-state index contributed by atoms with van der Waals surface area (Å²) in [7, 11) is 0. The Kier molecular flexibility index (Phi) is 3.21. The molecule has 0 aromatic heterocycles. The van der Waals surface area contributed by atoms with Crippen LogP contribution < -0.4 is 0 Å². The van der Waals surface area contributed by atoms with E-state index < -0.39 is 0 Å². The SMILES string of the molecule is Cc1c(C)c(C)c(C2=C(O)c3ccccc3C2=O)c(C)c1C. The Morgan fingerprint density at radius 3 is 1.68 bits per heavy atom. The Hall–Kier alpha value is -2.35. The molecule has 0 aliphatic heterocycles. The van der Waals surface area contributed by atoms with Gasteiger partial charge < -0.3 is 5.11 Å². The number of allylic oxidation sites excluding steroid dienone is 1. The molecule has 2 heteroatoms. The van der Waals surface area contributed by atoms with Gasteiger partial charge in [0, 0.05) is 11.1 Å². The highest BCUT2D eigenvalue weighted by Gasteiger charge is 2.32. The van der Waals surface area contributed by atoms with Crippen molar-refractivity contribution in [2.45, 2.75) is 34.6 Å². The van der Waals surface area contributed by atoms with Crippen molar-refractivity contribution in [2.24, 2.45) is 0 Å². The van der Waals surface area contributed by atoms with E-state index in [2.05, 4.69) is 20.8 Å². The maximum absolute atomic E-state index is 12.8. The van der Waals surface area contributed by atoms with Crippen LogP contribution in [-0.4, -0.2) is 10.9 Å². The fourth-order valence-electron chi connectivity index (χ4n) is 3.37. The summed E-state index contributed by atoms with van der Waals surface area (Å²) in [6.07, 6.45) is 0. The smallest absolute Gasteiger partial charge is 0.198 e. The lowest BCUT2D eigenvalue weighted by Crippen LogP contribution is -2.07. The first-order chi connectivity index (χ1) is 10.4. The second-order valence-electron chi connectivity index (χ2n) is 6.10. The summed E-state index contributed by atoms with van der Waals surface area (Å²) in [6, 6.07) is 7.25. The molecular weight excluding hydrogens is 272 g/mol. The summed E-state index contributed by atoms with van der Waals surface area (Å²) in [5.74, 6) is 0.0245. The molecule has 0 unspecified atom stereocenters. The van der Waals surface area contributed by atoms with Crippen LogP contribution in [0.2, 0.25) is 0 Å². The Bertz CT molecular complexity index is 825. The fraction of sp³-hybridized carbons (Fsp3) is 0.250. The maximum Gasteiger partial charge on any atom is 0.198 e. The number of fused-ring (bicyclic) bond motifs is 1. The van der Waals surface area contributed by atoms with Crippen LogP contribution in [0, 0.1) is 34.6 Å². The first kappa shape index (κ1) is 14.6. The largest absolute Gasteiger partial charge is 0.507 e. The number of rotatable bonds is 1. The van der Waals surface area contributed by atoms with Gasteiger partial charge in [0.15, 0.2) is 5.78 Å². The summed E-state index contributed by atoms with van der Waals surface area (Å²) in [5.41, 5.74) is 8.32. The van der Waals surface area contributed by atoms with E-state index in [1.165, 1.54) is 16.7 Å². The zero-order valence-electron chi connectivity index (χ0n) is 13.7. The Morgan fingerprint density at radius 1 is 0.727 bits per heavy atom. The number of hydrogen-bond acceptors (Lipinski definition) is 2. The highest BCUT2D eigenvalue weighted by atomic mass is 16.3. The van der Waals surface area contributed by atoms with Crippen molar-refractivity contribution in [1.82, 2.24) is 0 Å². The molecule has 2 aromatic carbocycles. The highest BCUT2D eigenvalue weighted by molar-refractivity contribution is 6.39. The average molecular weight is 292 g/mol. The molecule has 0 radical (unpaired) electrons. The molecule has 3 rings (SSSR count). The third kappa shape index (κ3) is 1.77. The lowest BCUT2D eigenvalue weighted by Gasteiger charge is -2.19. The van der Waals surface area contributed by atoms with Crippen molar-refractivity contribution >= 4 is 17.1 Å². The topological polar surface area (TPSA) is 37.3 Å². The quantitative estimate of drug-likeness (QED) is 0.815. The van der Waals surface area contributed by atoms with Crippen LogP contribution in [0.1, 0.15) is 49.3 Å². The fourth-order valence-corrected chi connectivity index (χ4v) is 3.37. The van der Waals surface area contributed by atoms with Crippen LogP contribution in [0.25, 0.3) is 11.3 Å². The van der Waals surface area contributed by atoms with Crippen LogP contribution in [0.4, 0.5) is 0 Å². The third-order valence-corrected chi connectivity index (χ3v) is 5.14. The summed E-state index contributed by atoms with van der Waals surface area (Å²) in [5, 5.41) is 10.6. The van der Waals surface area contributed by atoms with Crippen LogP contribution in [0.5, 0.6) is 0 Å². The molecule has 1 aliphatic carbocycles. The van der Waals surface area contributed by atoms with Gasteiger partial charge in [-0.25, -0.2) is 0 Å². The van der Waals surface area contributed by atoms with Crippen molar-refractivity contribution in [3.05, 3.63) is 68.8 Å². The lowest BCUT2D eigenvalue weighted by atomic mass is 9.85. The second kappa shape index (κ2) is 4.84. The monoisotopic (exact) mass is 292 g/mol. The van der Waals surface area contributed by atoms with Gasteiger partial charge in [0.25, 0.3) is 0 Å². The van der Waals surface area contributed by atoms with E-state index in [-0.39, 0.29) is 11.5 Å². The van der Waals surface area contributed by atoms with Gasteiger partial charge in [-0.15, -0.1) is 0 Å². The van der Waals surface area contributed by atoms with Gasteiger partial charge in [-0.05, 0) is 68.0 Å². The number of benzene rings is 2. The van der Waals surface area contributed by atoms with Crippen molar-refractivity contribution in [1.29, 1.82) is 0 Å². The van der Waals surface area contributed by atoms with Crippen molar-refractivity contribution in [2.75, 3.05) is 0 Å². The van der Waals surface area contributed by atoms with Crippen LogP contribution in [0.3, 0.4) is 0 Å². The molecule has 1 aliphatic rings. The van der Waals surface area contributed by atoms with Gasteiger partial charge in [0.1, 0.15) is 5.76 Å². The number of carbonyl (C=O) groups excluding carboxylic acids is 1. The zero-order chi connectivity index (χ0) is 16.2. The van der Waals surface area contributed by atoms with E-state index in [4.69, 9.17) is 0 Å². The Morgan fingerprint density at radius 2 is 1.18 bits per heavy atom. The normalized spacial score (nSPS) is 13.8. The predicted octanol–water partition coefficient (Wildman–Crippen LogP) is 4.85. The molecule has 0 heterocycles. The predicted molar refractivity (Wildman–Crippen MR) is 90.3 cm³/mol. The lowest BCUT2D eigenvalue weighted by molar-refractivity contribution is 0.105. The molecule has 112 valence electrons. The van der Waals surface area contributed by atoms with Gasteiger partial charge in [0.05, 0.1) is 5.57 Å². The minimum atomic E-state index is -0.0815. The van der Waals surface area contributed by atoms with E-state index in [9.17, 15) is 9.90 Å². The molecule has 0 amide bonds. The zero-order valence-corrected chi connectivity index (χ0v) is 13.7. The molecule has 1 N–H and O–H groups in total. The van der Waals surface area contributed by atoms with Gasteiger partial charge in [0.2, 0.25) is 0 Å². The van der Waals surface area contributed by atoms with Crippen LogP contribution >= 0.6 is 0 Å². The second-order valence-corrected chi connectivity index (χ2v) is 6.10. The van der Waals surface area contributed by atoms with Crippen LogP contribution in [-0.2, 0) is 0 Å². The van der Waals surface area contributed by atoms with E-state index in [1.807, 2.05) is 26.0 Å². The first-order valence-electron chi connectivity index (χ1n) is 7.51. The van der Waals surface area contributed by atoms with Gasteiger partial charge in [-0.2, -0.15) is 0 Å². The summed E-state index contributed by atoms with van der Waals surface area (Å²) in [6.45, 7) is 10.3. The minimum absolute atomic E-state index is 0.0815. The highest BCUT2D eigenvalue weighted by Crippen LogP contribution is 2.41. The van der Waals surface area contributed by atoms with E-state index in [0.29, 0.717) is 16.7 Å². The standard InChI is InChI=1S/C20H20O2/c1-10-11(2)13(4)17(14(5)12(10)3)18-19(21)15-8-6-7-9-16(15)20(18)22/h6-9,21H,1-5H3. The first-order valence-corrected chi connectivity index (χ1v) is 7.51. The molecule has 0 atom stereocenters. The third-order valence-electron chi connectivity index (χ3n) is 5.14. The molecule has 0 spiro atoms. The van der Waals surface area contributed by atoms with E-state index in [1.54, 1.807) is 12.1 Å². The average Bonchev–Trinajstić information content (AvgIpc) is 2.77. The van der Waals surface area contributed by atoms with Crippen molar-refractivity contribution < 1.29 is 9.90 Å². The molecule has 0 saturated carbocycles. The molecule has 0 saturated heterocycles. The molecule has 0 bridgehead atoms. The van der Waals surface area contributed by atoms with Gasteiger partial charge >= 0.3 is 0 Å². The maximum atomic E-state index is 12.8. The number of hydrogen-bond donors (Lipinski definition) is 1. The number of Topliss-reactive ketones (excluding diaryl/α,β-unsaturated/α-hetero) is 1. The van der Waals surface area contributed by atoms with Crippen molar-refractivity contribution in [3.63, 3.8) is 0 Å². The summed E-state index contributed by atoms with van der Waals surface area (Å²) in [4.78, 5) is 12.8. The summed E-state index contributed by atoms with van der Waals surface area (Å²) < 4.78 is 0. The molecule has 2 aromatic rings. The van der Waals surface area contributed by atoms with Gasteiger partial charge in [-0.1, -0.05) is 24.3 Å². The Labute approximate surface area is 131 Å². The number of carbonyl (C=O) groups is 1. The number of aliphatic hydroxyl groups is 1.